The zero-order chi connectivity index (χ0) is 12.4. The molecule has 2 N–H and O–H groups in total. The summed E-state index contributed by atoms with van der Waals surface area (Å²) in [5.41, 5.74) is 7.98. The van der Waals surface area contributed by atoms with Crippen LogP contribution in [-0.2, 0) is 13.5 Å². The second kappa shape index (κ2) is 4.79. The summed E-state index contributed by atoms with van der Waals surface area (Å²) >= 11 is 0. The summed E-state index contributed by atoms with van der Waals surface area (Å²) in [5.74, 6) is 0.608. The monoisotopic (exact) mass is 233 g/mol. The van der Waals surface area contributed by atoms with Gasteiger partial charge in [-0.1, -0.05) is 13.8 Å². The van der Waals surface area contributed by atoms with Crippen LogP contribution in [0.25, 0.3) is 11.0 Å². The van der Waals surface area contributed by atoms with Gasteiger partial charge in [-0.2, -0.15) is 5.10 Å². The van der Waals surface area contributed by atoms with Crippen molar-refractivity contribution in [3.05, 3.63) is 18.2 Å². The van der Waals surface area contributed by atoms with Crippen LogP contribution >= 0.6 is 0 Å². The van der Waals surface area contributed by atoms with E-state index in [9.17, 15) is 0 Å². The molecule has 0 fully saturated rings. The van der Waals surface area contributed by atoms with Crippen molar-refractivity contribution in [3.63, 3.8) is 0 Å². The van der Waals surface area contributed by atoms with Gasteiger partial charge in [0.1, 0.15) is 6.33 Å². The van der Waals surface area contributed by atoms with Crippen LogP contribution in [0.3, 0.4) is 0 Å². The van der Waals surface area contributed by atoms with Crippen LogP contribution in [0.2, 0.25) is 0 Å². The largest absolute Gasteiger partial charge is 0.327 e. The maximum absolute atomic E-state index is 6.12. The first kappa shape index (κ1) is 12.0. The van der Waals surface area contributed by atoms with Crippen LogP contribution in [0.4, 0.5) is 0 Å². The van der Waals surface area contributed by atoms with Crippen molar-refractivity contribution in [2.75, 3.05) is 0 Å². The molecule has 0 saturated carbocycles. The topological polar surface area (TPSA) is 69.6 Å². The molecule has 0 aliphatic carbocycles. The minimum absolute atomic E-state index is 0.147. The molecule has 0 radical (unpaired) electrons. The van der Waals surface area contributed by atoms with Crippen LogP contribution in [0.5, 0.6) is 0 Å². The Bertz CT molecular complexity index is 503. The number of aromatic nitrogens is 4. The van der Waals surface area contributed by atoms with Crippen LogP contribution < -0.4 is 5.73 Å². The number of aryl methyl sites for hydroxylation is 1. The van der Waals surface area contributed by atoms with Gasteiger partial charge in [-0.25, -0.2) is 9.97 Å². The highest BCUT2D eigenvalue weighted by Crippen LogP contribution is 2.16. The second-order valence-electron chi connectivity index (χ2n) is 4.92. The molecule has 1 unspecified atom stereocenters. The molecular formula is C12H19N5. The Balaban J connectivity index is 2.24. The molecule has 2 rings (SSSR count). The van der Waals surface area contributed by atoms with Crippen LogP contribution in [0, 0.1) is 5.92 Å². The molecule has 0 aliphatic rings. The van der Waals surface area contributed by atoms with Crippen molar-refractivity contribution in [2.24, 2.45) is 18.7 Å². The van der Waals surface area contributed by atoms with Crippen LogP contribution in [0.15, 0.2) is 12.5 Å². The SMILES string of the molecule is CC(C)CC(N)Cc1ncnc2c1cnn2C. The van der Waals surface area contributed by atoms with Crippen molar-refractivity contribution in [1.82, 2.24) is 19.7 Å². The van der Waals surface area contributed by atoms with Gasteiger partial charge in [-0.15, -0.1) is 0 Å². The Morgan fingerprint density at radius 3 is 2.82 bits per heavy atom. The summed E-state index contributed by atoms with van der Waals surface area (Å²) in [7, 11) is 1.88. The molecule has 0 aliphatic heterocycles. The van der Waals surface area contributed by atoms with Gasteiger partial charge in [-0.05, 0) is 12.3 Å². The third-order valence-electron chi connectivity index (χ3n) is 2.84. The Morgan fingerprint density at radius 1 is 1.35 bits per heavy atom. The quantitative estimate of drug-likeness (QED) is 0.863. The minimum Gasteiger partial charge on any atom is -0.327 e. The first-order valence-corrected chi connectivity index (χ1v) is 5.95. The Hall–Kier alpha value is -1.49. The van der Waals surface area contributed by atoms with Crippen molar-refractivity contribution in [3.8, 4) is 0 Å². The van der Waals surface area contributed by atoms with E-state index in [1.807, 2.05) is 13.2 Å². The van der Waals surface area contributed by atoms with E-state index in [-0.39, 0.29) is 6.04 Å². The molecule has 0 saturated heterocycles. The van der Waals surface area contributed by atoms with E-state index in [2.05, 4.69) is 28.9 Å². The lowest BCUT2D eigenvalue weighted by molar-refractivity contribution is 0.491. The number of hydrogen-bond acceptors (Lipinski definition) is 4. The van der Waals surface area contributed by atoms with E-state index < -0.39 is 0 Å². The minimum atomic E-state index is 0.147. The number of nitrogens with two attached hydrogens (primary N) is 1. The molecular weight excluding hydrogens is 214 g/mol. The molecule has 0 bridgehead atoms. The van der Waals surface area contributed by atoms with E-state index in [0.717, 1.165) is 29.6 Å². The molecule has 5 nitrogen and oxygen atoms in total. The number of hydrogen-bond donors (Lipinski definition) is 1. The maximum atomic E-state index is 6.12. The number of nitrogens with zero attached hydrogens (tertiary/aromatic N) is 4. The normalized spacial score (nSPS) is 13.5. The summed E-state index contributed by atoms with van der Waals surface area (Å²) in [4.78, 5) is 8.54. The second-order valence-corrected chi connectivity index (χ2v) is 4.92. The third kappa shape index (κ3) is 2.61. The first-order valence-electron chi connectivity index (χ1n) is 5.95. The van der Waals surface area contributed by atoms with Crippen LogP contribution in [0.1, 0.15) is 26.0 Å². The lowest BCUT2D eigenvalue weighted by Gasteiger charge is -2.13. The third-order valence-corrected chi connectivity index (χ3v) is 2.84. The van der Waals surface area contributed by atoms with E-state index in [4.69, 9.17) is 5.73 Å². The van der Waals surface area contributed by atoms with Gasteiger partial charge in [0.2, 0.25) is 0 Å². The lowest BCUT2D eigenvalue weighted by Crippen LogP contribution is -2.25. The van der Waals surface area contributed by atoms with E-state index in [1.165, 1.54) is 0 Å². The standard InChI is InChI=1S/C12H19N5/c1-8(2)4-9(13)5-11-10-6-16-17(3)12(10)15-7-14-11/h6-9H,4-5,13H2,1-3H3. The zero-order valence-electron chi connectivity index (χ0n) is 10.6. The summed E-state index contributed by atoms with van der Waals surface area (Å²) in [6, 6.07) is 0.147. The fraction of sp³-hybridized carbons (Fsp3) is 0.583. The summed E-state index contributed by atoms with van der Waals surface area (Å²) in [5, 5.41) is 5.21. The molecule has 2 heterocycles. The molecule has 92 valence electrons. The van der Waals surface area contributed by atoms with Gasteiger partial charge in [0.05, 0.1) is 17.3 Å². The van der Waals surface area contributed by atoms with Crippen LogP contribution in [-0.4, -0.2) is 25.8 Å². The molecule has 5 heteroatoms. The number of fused-ring (bicyclic) bond motifs is 1. The maximum Gasteiger partial charge on any atom is 0.161 e. The highest BCUT2D eigenvalue weighted by molar-refractivity contribution is 5.76. The molecule has 0 amide bonds. The van der Waals surface area contributed by atoms with Crippen molar-refractivity contribution < 1.29 is 0 Å². The highest BCUT2D eigenvalue weighted by atomic mass is 15.3. The predicted octanol–water partition coefficient (Wildman–Crippen LogP) is 1.28. The van der Waals surface area contributed by atoms with E-state index in [1.54, 1.807) is 11.0 Å². The average molecular weight is 233 g/mol. The average Bonchev–Trinajstić information content (AvgIpc) is 2.61. The van der Waals surface area contributed by atoms with Gasteiger partial charge in [0.25, 0.3) is 0 Å². The fourth-order valence-electron chi connectivity index (χ4n) is 2.11. The molecule has 17 heavy (non-hydrogen) atoms. The van der Waals surface area contributed by atoms with Gasteiger partial charge < -0.3 is 5.73 Å². The molecule has 0 spiro atoms. The van der Waals surface area contributed by atoms with Crippen molar-refractivity contribution in [2.45, 2.75) is 32.7 Å². The molecule has 0 aromatic carbocycles. The summed E-state index contributed by atoms with van der Waals surface area (Å²) in [6.45, 7) is 4.36. The first-order chi connectivity index (χ1) is 8.08. The smallest absolute Gasteiger partial charge is 0.161 e. The Kier molecular flexibility index (Phi) is 3.38. The zero-order valence-corrected chi connectivity index (χ0v) is 10.6. The van der Waals surface area contributed by atoms with Gasteiger partial charge in [0, 0.05) is 19.5 Å². The number of rotatable bonds is 4. The molecule has 2 aromatic rings. The lowest BCUT2D eigenvalue weighted by atomic mass is 10.00. The molecule has 1 atom stereocenters. The van der Waals surface area contributed by atoms with Gasteiger partial charge >= 0.3 is 0 Å². The van der Waals surface area contributed by atoms with E-state index >= 15 is 0 Å². The van der Waals surface area contributed by atoms with E-state index in [0.29, 0.717) is 5.92 Å². The summed E-state index contributed by atoms with van der Waals surface area (Å²) < 4.78 is 1.76. The van der Waals surface area contributed by atoms with Gasteiger partial charge in [-0.3, -0.25) is 4.68 Å². The fourth-order valence-corrected chi connectivity index (χ4v) is 2.11. The Morgan fingerprint density at radius 2 is 2.12 bits per heavy atom. The van der Waals surface area contributed by atoms with Crippen molar-refractivity contribution in [1.29, 1.82) is 0 Å². The predicted molar refractivity (Wildman–Crippen MR) is 67.4 cm³/mol. The Labute approximate surface area is 101 Å². The highest BCUT2D eigenvalue weighted by Gasteiger charge is 2.12. The summed E-state index contributed by atoms with van der Waals surface area (Å²) in [6.07, 6.45) is 5.18. The molecule has 2 aromatic heterocycles. The van der Waals surface area contributed by atoms with Crippen molar-refractivity contribution >= 4 is 11.0 Å². The van der Waals surface area contributed by atoms with Gasteiger partial charge in [0.15, 0.2) is 5.65 Å².